The Bertz CT molecular complexity index is 841. The third-order valence-corrected chi connectivity index (χ3v) is 6.37. The van der Waals surface area contributed by atoms with Gasteiger partial charge >= 0.3 is 5.97 Å². The van der Waals surface area contributed by atoms with Gasteiger partial charge < -0.3 is 20.1 Å². The van der Waals surface area contributed by atoms with Crippen LogP contribution >= 0.6 is 0 Å². The Labute approximate surface area is 209 Å². The molecule has 7 heteroatoms. The maximum Gasteiger partial charge on any atom is 0.309 e. The second-order valence-corrected chi connectivity index (χ2v) is 9.29. The maximum atomic E-state index is 13.3. The van der Waals surface area contributed by atoms with E-state index in [4.69, 9.17) is 9.84 Å². The van der Waals surface area contributed by atoms with Gasteiger partial charge in [-0.2, -0.15) is 0 Å². The Morgan fingerprint density at radius 3 is 2.60 bits per heavy atom. The van der Waals surface area contributed by atoms with Crippen molar-refractivity contribution in [3.63, 3.8) is 0 Å². The van der Waals surface area contributed by atoms with Crippen LogP contribution in [-0.4, -0.2) is 59.6 Å². The Hall–Kier alpha value is -2.93. The highest BCUT2D eigenvalue weighted by atomic mass is 16.5. The van der Waals surface area contributed by atoms with Crippen molar-refractivity contribution < 1.29 is 24.2 Å². The molecule has 0 aromatic heterocycles. The van der Waals surface area contributed by atoms with Crippen LogP contribution in [0.15, 0.2) is 55.6 Å². The number of benzene rings is 1. The van der Waals surface area contributed by atoms with Crippen LogP contribution in [0.3, 0.4) is 0 Å². The molecule has 1 aliphatic heterocycles. The summed E-state index contributed by atoms with van der Waals surface area (Å²) in [6.07, 6.45) is 7.42. The number of hydrogen-bond acceptors (Lipinski definition) is 5. The van der Waals surface area contributed by atoms with Crippen LogP contribution in [0.4, 0.5) is 0 Å². The van der Waals surface area contributed by atoms with Gasteiger partial charge in [0, 0.05) is 19.0 Å². The molecule has 1 fully saturated rings. The van der Waals surface area contributed by atoms with Crippen molar-refractivity contribution in [3.8, 4) is 0 Å². The molecule has 4 atom stereocenters. The molecule has 2 N–H and O–H groups in total. The van der Waals surface area contributed by atoms with E-state index in [0.717, 1.165) is 24.8 Å². The Morgan fingerprint density at radius 1 is 1.20 bits per heavy atom. The van der Waals surface area contributed by atoms with Gasteiger partial charge in [0.2, 0.25) is 11.8 Å². The number of nitrogens with one attached hydrogen (secondary N) is 1. The van der Waals surface area contributed by atoms with E-state index >= 15 is 0 Å². The summed E-state index contributed by atoms with van der Waals surface area (Å²) in [6, 6.07) is 9.30. The maximum absolute atomic E-state index is 13.3. The molecule has 1 saturated heterocycles. The fourth-order valence-electron chi connectivity index (χ4n) is 4.43. The molecule has 192 valence electrons. The van der Waals surface area contributed by atoms with Gasteiger partial charge in [0.15, 0.2) is 0 Å². The number of carbonyl (C=O) groups excluding carboxylic acids is 3. The van der Waals surface area contributed by atoms with Gasteiger partial charge in [-0.05, 0) is 51.0 Å². The summed E-state index contributed by atoms with van der Waals surface area (Å²) >= 11 is 0. The van der Waals surface area contributed by atoms with Gasteiger partial charge in [-0.15, -0.1) is 13.2 Å². The SMILES string of the molecule is C=CCCC(Cc1ccccc1)C(=O)OCC1CCCN1C(=O)C(CC=C)CC(=O)NC(C)CO. The number of likely N-dealkylation sites (tertiary alicyclic amines) is 1. The average Bonchev–Trinajstić information content (AvgIpc) is 3.33. The zero-order chi connectivity index (χ0) is 25.6. The minimum Gasteiger partial charge on any atom is -0.463 e. The predicted octanol–water partition coefficient (Wildman–Crippen LogP) is 3.43. The van der Waals surface area contributed by atoms with Crippen LogP contribution in [0, 0.1) is 11.8 Å². The summed E-state index contributed by atoms with van der Waals surface area (Å²) in [6.45, 7) is 9.76. The van der Waals surface area contributed by atoms with E-state index in [1.165, 1.54) is 0 Å². The lowest BCUT2D eigenvalue weighted by molar-refractivity contribution is -0.152. The molecule has 35 heavy (non-hydrogen) atoms. The minimum absolute atomic E-state index is 0.0267. The van der Waals surface area contributed by atoms with Gasteiger partial charge in [-0.1, -0.05) is 42.5 Å². The molecule has 4 unspecified atom stereocenters. The highest BCUT2D eigenvalue weighted by Gasteiger charge is 2.35. The van der Waals surface area contributed by atoms with Crippen molar-refractivity contribution >= 4 is 17.8 Å². The number of ether oxygens (including phenoxy) is 1. The van der Waals surface area contributed by atoms with Gasteiger partial charge in [-0.3, -0.25) is 14.4 Å². The first-order valence-electron chi connectivity index (χ1n) is 12.5. The molecule has 2 rings (SSSR count). The Balaban J connectivity index is 1.98. The van der Waals surface area contributed by atoms with Crippen LogP contribution in [0.5, 0.6) is 0 Å². The van der Waals surface area contributed by atoms with E-state index in [0.29, 0.717) is 25.8 Å². The first-order chi connectivity index (χ1) is 16.9. The van der Waals surface area contributed by atoms with Gasteiger partial charge in [0.1, 0.15) is 6.61 Å². The number of amides is 2. The Kier molecular flexibility index (Phi) is 12.2. The molecule has 1 aliphatic rings. The van der Waals surface area contributed by atoms with Crippen molar-refractivity contribution in [2.45, 2.75) is 64.0 Å². The molecule has 0 aliphatic carbocycles. The standard InChI is InChI=1S/C28H40N2O5/c1-4-6-14-24(17-22-12-8-7-9-13-22)28(34)35-20-25-15-10-16-30(25)27(33)23(11-5-2)18-26(32)29-21(3)19-31/h4-5,7-9,12-13,21,23-25,31H,1-2,6,10-11,14-20H2,3H3,(H,29,32). The molecule has 0 radical (unpaired) electrons. The number of aliphatic hydroxyl groups excluding tert-OH is 1. The number of hydrogen-bond donors (Lipinski definition) is 2. The molecule has 0 spiro atoms. The predicted molar refractivity (Wildman–Crippen MR) is 136 cm³/mol. The molecule has 2 amide bonds. The zero-order valence-electron chi connectivity index (χ0n) is 20.9. The summed E-state index contributed by atoms with van der Waals surface area (Å²) in [5, 5.41) is 11.9. The molecule has 1 aromatic carbocycles. The van der Waals surface area contributed by atoms with Gasteiger partial charge in [0.25, 0.3) is 0 Å². The smallest absolute Gasteiger partial charge is 0.309 e. The molecular weight excluding hydrogens is 444 g/mol. The lowest BCUT2D eigenvalue weighted by Crippen LogP contribution is -2.44. The third kappa shape index (κ3) is 9.32. The van der Waals surface area contributed by atoms with Gasteiger partial charge in [0.05, 0.1) is 24.5 Å². The molecule has 0 saturated carbocycles. The summed E-state index contributed by atoms with van der Waals surface area (Å²) < 4.78 is 5.73. The van der Waals surface area contributed by atoms with E-state index in [9.17, 15) is 14.4 Å². The number of carbonyl (C=O) groups is 3. The van der Waals surface area contributed by atoms with Crippen molar-refractivity contribution in [1.29, 1.82) is 0 Å². The average molecular weight is 485 g/mol. The molecule has 7 nitrogen and oxygen atoms in total. The minimum atomic E-state index is -0.534. The third-order valence-electron chi connectivity index (χ3n) is 6.37. The second kappa shape index (κ2) is 15.1. The summed E-state index contributed by atoms with van der Waals surface area (Å²) in [4.78, 5) is 40.3. The summed E-state index contributed by atoms with van der Waals surface area (Å²) in [7, 11) is 0. The van der Waals surface area contributed by atoms with Crippen LogP contribution < -0.4 is 5.32 Å². The largest absolute Gasteiger partial charge is 0.463 e. The van der Waals surface area contributed by atoms with E-state index in [1.807, 2.05) is 30.3 Å². The fraction of sp³-hybridized carbons (Fsp3) is 0.536. The van der Waals surface area contributed by atoms with Crippen molar-refractivity contribution in [2.24, 2.45) is 11.8 Å². The highest BCUT2D eigenvalue weighted by molar-refractivity contribution is 5.86. The topological polar surface area (TPSA) is 95.9 Å². The van der Waals surface area contributed by atoms with Crippen LogP contribution in [0.1, 0.15) is 51.0 Å². The summed E-state index contributed by atoms with van der Waals surface area (Å²) in [5.41, 5.74) is 1.08. The zero-order valence-corrected chi connectivity index (χ0v) is 20.9. The van der Waals surface area contributed by atoms with E-state index in [2.05, 4.69) is 18.5 Å². The molecular formula is C28H40N2O5. The molecule has 1 aromatic rings. The van der Waals surface area contributed by atoms with Gasteiger partial charge in [-0.25, -0.2) is 0 Å². The van der Waals surface area contributed by atoms with Crippen LogP contribution in [0.2, 0.25) is 0 Å². The number of nitrogens with zero attached hydrogens (tertiary/aromatic N) is 1. The van der Waals surface area contributed by atoms with E-state index in [-0.39, 0.29) is 55.4 Å². The van der Waals surface area contributed by atoms with Crippen molar-refractivity contribution in [1.82, 2.24) is 10.2 Å². The first kappa shape index (κ1) is 28.3. The first-order valence-corrected chi connectivity index (χ1v) is 12.5. The van der Waals surface area contributed by atoms with Crippen LogP contribution in [0.25, 0.3) is 0 Å². The quantitative estimate of drug-likeness (QED) is 0.294. The Morgan fingerprint density at radius 2 is 1.94 bits per heavy atom. The monoisotopic (exact) mass is 484 g/mol. The number of allylic oxidation sites excluding steroid dienone is 2. The van der Waals surface area contributed by atoms with E-state index < -0.39 is 5.92 Å². The van der Waals surface area contributed by atoms with Crippen molar-refractivity contribution in [3.05, 3.63) is 61.2 Å². The lowest BCUT2D eigenvalue weighted by atomic mass is 9.95. The number of rotatable bonds is 15. The fourth-order valence-corrected chi connectivity index (χ4v) is 4.43. The number of esters is 1. The van der Waals surface area contributed by atoms with E-state index in [1.54, 1.807) is 24.0 Å². The lowest BCUT2D eigenvalue weighted by Gasteiger charge is -2.29. The highest BCUT2D eigenvalue weighted by Crippen LogP contribution is 2.24. The molecule has 1 heterocycles. The second-order valence-electron chi connectivity index (χ2n) is 9.29. The molecule has 0 bridgehead atoms. The van der Waals surface area contributed by atoms with Crippen molar-refractivity contribution in [2.75, 3.05) is 19.8 Å². The number of aliphatic hydroxyl groups is 1. The van der Waals surface area contributed by atoms with Crippen LogP contribution in [-0.2, 0) is 25.5 Å². The summed E-state index contributed by atoms with van der Waals surface area (Å²) in [5.74, 6) is -1.46. The normalized spacial score (nSPS) is 17.8.